The molecule has 1 aromatic rings. The van der Waals surface area contributed by atoms with E-state index >= 15 is 0 Å². The molecule has 1 aliphatic heterocycles. The summed E-state index contributed by atoms with van der Waals surface area (Å²) in [5, 5.41) is 10.6. The lowest BCUT2D eigenvalue weighted by atomic mass is 9.84. The van der Waals surface area contributed by atoms with E-state index in [9.17, 15) is 5.11 Å². The number of ether oxygens (including phenoxy) is 1. The Labute approximate surface area is 128 Å². The Morgan fingerprint density at radius 3 is 2.43 bits per heavy atom. The van der Waals surface area contributed by atoms with Crippen LogP contribution in [0.5, 0.6) is 0 Å². The van der Waals surface area contributed by atoms with Gasteiger partial charge in [-0.1, -0.05) is 13.0 Å². The van der Waals surface area contributed by atoms with Crippen LogP contribution in [0.4, 0.5) is 0 Å². The molecule has 0 amide bonds. The number of nitrogens with zero attached hydrogens (tertiary/aromatic N) is 2. The van der Waals surface area contributed by atoms with Crippen molar-refractivity contribution >= 4 is 0 Å². The summed E-state index contributed by atoms with van der Waals surface area (Å²) >= 11 is 0. The molecule has 0 spiro atoms. The zero-order valence-corrected chi connectivity index (χ0v) is 13.8. The summed E-state index contributed by atoms with van der Waals surface area (Å²) in [6, 6.07) is 5.98. The van der Waals surface area contributed by atoms with Crippen molar-refractivity contribution in [1.82, 2.24) is 9.88 Å². The predicted molar refractivity (Wildman–Crippen MR) is 83.9 cm³/mol. The van der Waals surface area contributed by atoms with Crippen LogP contribution in [-0.2, 0) is 11.3 Å². The third-order valence-corrected chi connectivity index (χ3v) is 4.53. The molecule has 4 nitrogen and oxygen atoms in total. The second-order valence-electron chi connectivity index (χ2n) is 7.01. The first-order valence-corrected chi connectivity index (χ1v) is 7.77. The minimum Gasteiger partial charge on any atom is -0.390 e. The van der Waals surface area contributed by atoms with Crippen LogP contribution in [0.2, 0.25) is 0 Å². The molecular weight excluding hydrogens is 264 g/mol. The fourth-order valence-corrected chi connectivity index (χ4v) is 3.30. The molecule has 1 aromatic heterocycles. The summed E-state index contributed by atoms with van der Waals surface area (Å²) in [5.74, 6) is 0.0937. The van der Waals surface area contributed by atoms with E-state index in [-0.39, 0.29) is 11.5 Å². The molecule has 2 heterocycles. The third kappa shape index (κ3) is 3.62. The molecule has 118 valence electrons. The molecule has 2 rings (SSSR count). The maximum atomic E-state index is 10.6. The van der Waals surface area contributed by atoms with E-state index in [2.05, 4.69) is 30.7 Å². The van der Waals surface area contributed by atoms with Crippen LogP contribution in [0.3, 0.4) is 0 Å². The second kappa shape index (κ2) is 6.03. The van der Waals surface area contributed by atoms with Crippen molar-refractivity contribution in [3.8, 4) is 0 Å². The van der Waals surface area contributed by atoms with Crippen LogP contribution >= 0.6 is 0 Å². The predicted octanol–water partition coefficient (Wildman–Crippen LogP) is 2.47. The molecule has 0 aliphatic carbocycles. The van der Waals surface area contributed by atoms with Crippen molar-refractivity contribution in [1.29, 1.82) is 0 Å². The second-order valence-corrected chi connectivity index (χ2v) is 7.01. The molecule has 4 heteroatoms. The molecule has 2 atom stereocenters. The topological polar surface area (TPSA) is 45.6 Å². The largest absolute Gasteiger partial charge is 0.390 e. The Balaban J connectivity index is 2.07. The third-order valence-electron chi connectivity index (χ3n) is 4.53. The van der Waals surface area contributed by atoms with Crippen LogP contribution in [0.15, 0.2) is 24.4 Å². The van der Waals surface area contributed by atoms with Gasteiger partial charge in [-0.05, 0) is 46.4 Å². The Hall–Kier alpha value is -0.970. The molecule has 1 saturated heterocycles. The van der Waals surface area contributed by atoms with Gasteiger partial charge in [0.25, 0.3) is 0 Å². The highest BCUT2D eigenvalue weighted by molar-refractivity contribution is 5.05. The number of pyridine rings is 1. The van der Waals surface area contributed by atoms with Gasteiger partial charge in [0, 0.05) is 25.2 Å². The van der Waals surface area contributed by atoms with E-state index in [1.54, 1.807) is 0 Å². The molecule has 1 N–H and O–H groups in total. The minimum absolute atomic E-state index is 0.0937. The highest BCUT2D eigenvalue weighted by Crippen LogP contribution is 2.42. The number of rotatable bonds is 5. The quantitative estimate of drug-likeness (QED) is 0.905. The first-order valence-electron chi connectivity index (χ1n) is 7.77. The van der Waals surface area contributed by atoms with E-state index in [0.717, 1.165) is 25.3 Å². The van der Waals surface area contributed by atoms with Gasteiger partial charge < -0.3 is 9.84 Å². The summed E-state index contributed by atoms with van der Waals surface area (Å²) in [5.41, 5.74) is 0.254. The molecule has 0 aromatic carbocycles. The number of aromatic nitrogens is 1. The summed E-state index contributed by atoms with van der Waals surface area (Å²) in [7, 11) is 0. The SMILES string of the molecule is CCN(Cc1ccccn1)CC1C(O)C(C)(C)OC1(C)C. The van der Waals surface area contributed by atoms with Gasteiger partial charge in [0.15, 0.2) is 0 Å². The van der Waals surface area contributed by atoms with E-state index < -0.39 is 11.7 Å². The van der Waals surface area contributed by atoms with Gasteiger partial charge in [-0.2, -0.15) is 0 Å². The average molecular weight is 292 g/mol. The lowest BCUT2D eigenvalue weighted by Gasteiger charge is -2.32. The van der Waals surface area contributed by atoms with Crippen molar-refractivity contribution in [2.45, 2.75) is 58.5 Å². The summed E-state index contributed by atoms with van der Waals surface area (Å²) in [6.07, 6.45) is 1.37. The van der Waals surface area contributed by atoms with E-state index in [0.29, 0.717) is 0 Å². The average Bonchev–Trinajstić information content (AvgIpc) is 2.57. The number of hydrogen-bond acceptors (Lipinski definition) is 4. The van der Waals surface area contributed by atoms with Gasteiger partial charge in [0.1, 0.15) is 0 Å². The molecule has 2 unspecified atom stereocenters. The number of hydrogen-bond donors (Lipinski definition) is 1. The minimum atomic E-state index is -0.488. The fraction of sp³-hybridized carbons (Fsp3) is 0.706. The van der Waals surface area contributed by atoms with Crippen LogP contribution < -0.4 is 0 Å². The van der Waals surface area contributed by atoms with E-state index in [4.69, 9.17) is 4.74 Å². The molecule has 0 saturated carbocycles. The Kier molecular flexibility index (Phi) is 4.71. The molecule has 1 aliphatic rings. The summed E-state index contributed by atoms with van der Waals surface area (Å²) in [6.45, 7) is 12.8. The fourth-order valence-electron chi connectivity index (χ4n) is 3.30. The van der Waals surface area contributed by atoms with Gasteiger partial charge in [-0.25, -0.2) is 0 Å². The van der Waals surface area contributed by atoms with Gasteiger partial charge in [-0.15, -0.1) is 0 Å². The molecule has 0 radical (unpaired) electrons. The Morgan fingerprint density at radius 2 is 1.95 bits per heavy atom. The standard InChI is InChI=1S/C17H28N2O2/c1-6-19(11-13-9-7-8-10-18-13)12-14-15(20)17(4,5)21-16(14,2)3/h7-10,14-15,20H,6,11-12H2,1-5H3. The normalized spacial score (nSPS) is 27.2. The Morgan fingerprint density at radius 1 is 1.24 bits per heavy atom. The molecular formula is C17H28N2O2. The van der Waals surface area contributed by atoms with Gasteiger partial charge >= 0.3 is 0 Å². The maximum Gasteiger partial charge on any atom is 0.0896 e. The zero-order chi connectivity index (χ0) is 15.7. The maximum absolute atomic E-state index is 10.6. The van der Waals surface area contributed by atoms with Crippen LogP contribution in [0, 0.1) is 5.92 Å². The number of aliphatic hydroxyl groups is 1. The van der Waals surface area contributed by atoms with Crippen molar-refractivity contribution in [3.63, 3.8) is 0 Å². The van der Waals surface area contributed by atoms with Crippen molar-refractivity contribution in [2.75, 3.05) is 13.1 Å². The highest BCUT2D eigenvalue weighted by atomic mass is 16.5. The van der Waals surface area contributed by atoms with E-state index in [1.807, 2.05) is 38.2 Å². The smallest absolute Gasteiger partial charge is 0.0896 e. The first kappa shape index (κ1) is 16.4. The van der Waals surface area contributed by atoms with Crippen LogP contribution in [-0.4, -0.2) is 45.4 Å². The van der Waals surface area contributed by atoms with Crippen molar-refractivity contribution < 1.29 is 9.84 Å². The molecule has 0 bridgehead atoms. The van der Waals surface area contributed by atoms with Crippen LogP contribution in [0.25, 0.3) is 0 Å². The lowest BCUT2D eigenvalue weighted by molar-refractivity contribution is -0.0913. The molecule has 1 fully saturated rings. The van der Waals surface area contributed by atoms with Gasteiger partial charge in [-0.3, -0.25) is 9.88 Å². The number of aliphatic hydroxyl groups excluding tert-OH is 1. The van der Waals surface area contributed by atoms with E-state index in [1.165, 1.54) is 0 Å². The van der Waals surface area contributed by atoms with Crippen molar-refractivity contribution in [2.24, 2.45) is 5.92 Å². The monoisotopic (exact) mass is 292 g/mol. The summed E-state index contributed by atoms with van der Waals surface area (Å²) < 4.78 is 6.06. The van der Waals surface area contributed by atoms with Gasteiger partial charge in [0.2, 0.25) is 0 Å². The van der Waals surface area contributed by atoms with Crippen LogP contribution in [0.1, 0.15) is 40.3 Å². The Bertz CT molecular complexity index is 459. The first-order chi connectivity index (χ1) is 9.76. The van der Waals surface area contributed by atoms with Crippen molar-refractivity contribution in [3.05, 3.63) is 30.1 Å². The highest BCUT2D eigenvalue weighted by Gasteiger charge is 2.53. The van der Waals surface area contributed by atoms with Gasteiger partial charge in [0.05, 0.1) is 23.0 Å². The zero-order valence-electron chi connectivity index (χ0n) is 13.8. The summed E-state index contributed by atoms with van der Waals surface area (Å²) in [4.78, 5) is 6.71. The lowest BCUT2D eigenvalue weighted by Crippen LogP contribution is -2.43. The molecule has 21 heavy (non-hydrogen) atoms.